The summed E-state index contributed by atoms with van der Waals surface area (Å²) in [6.07, 6.45) is 2.14. The fourth-order valence-electron chi connectivity index (χ4n) is 2.20. The maximum Gasteiger partial charge on any atom is 0.227 e. The van der Waals surface area contributed by atoms with Crippen molar-refractivity contribution in [2.45, 2.75) is 13.3 Å². The number of ether oxygens (including phenoxy) is 1. The highest BCUT2D eigenvalue weighted by molar-refractivity contribution is 9.10. The lowest BCUT2D eigenvalue weighted by Crippen LogP contribution is -2.01. The predicted octanol–water partition coefficient (Wildman–Crippen LogP) is 4.33. The molecule has 3 rings (SSSR count). The first-order valence-electron chi connectivity index (χ1n) is 6.64. The van der Waals surface area contributed by atoms with Crippen molar-refractivity contribution in [2.24, 2.45) is 0 Å². The Hall–Kier alpha value is -2.14. The van der Waals surface area contributed by atoms with Crippen molar-refractivity contribution < 1.29 is 4.74 Å². The molecule has 0 atom stereocenters. The summed E-state index contributed by atoms with van der Waals surface area (Å²) in [5, 5.41) is 2.26. The van der Waals surface area contributed by atoms with Gasteiger partial charge in [-0.05, 0) is 41.5 Å². The summed E-state index contributed by atoms with van der Waals surface area (Å²) in [7, 11) is 0. The molecule has 2 aromatic carbocycles. The maximum absolute atomic E-state index is 5.88. The molecule has 5 heteroatoms. The number of benzene rings is 2. The van der Waals surface area contributed by atoms with Crippen LogP contribution in [0.1, 0.15) is 12.5 Å². The molecule has 2 N–H and O–H groups in total. The number of hydrogen-bond donors (Lipinski definition) is 1. The molecule has 0 saturated heterocycles. The third-order valence-electron chi connectivity index (χ3n) is 3.28. The lowest BCUT2D eigenvalue weighted by atomic mass is 10.1. The van der Waals surface area contributed by atoms with E-state index in [-0.39, 0.29) is 0 Å². The number of nitrogen functional groups attached to an aromatic ring is 1. The first kappa shape index (κ1) is 13.8. The molecule has 106 valence electrons. The minimum atomic E-state index is 0.465. The molecule has 3 aromatic rings. The molecule has 21 heavy (non-hydrogen) atoms. The molecule has 1 heterocycles. The molecule has 0 saturated carbocycles. The van der Waals surface area contributed by atoms with Gasteiger partial charge in [0.15, 0.2) is 0 Å². The number of anilines is 1. The van der Waals surface area contributed by atoms with Crippen molar-refractivity contribution in [1.29, 1.82) is 0 Å². The zero-order valence-corrected chi connectivity index (χ0v) is 13.1. The maximum atomic E-state index is 5.88. The Morgan fingerprint density at radius 3 is 2.67 bits per heavy atom. The van der Waals surface area contributed by atoms with Crippen molar-refractivity contribution in [2.75, 3.05) is 5.73 Å². The Bertz CT molecular complexity index is 805. The van der Waals surface area contributed by atoms with E-state index in [1.807, 2.05) is 37.3 Å². The summed E-state index contributed by atoms with van der Waals surface area (Å²) >= 11 is 3.47. The van der Waals surface area contributed by atoms with Gasteiger partial charge in [0.1, 0.15) is 17.9 Å². The van der Waals surface area contributed by atoms with Crippen LogP contribution in [0.25, 0.3) is 10.8 Å². The van der Waals surface area contributed by atoms with Crippen molar-refractivity contribution in [1.82, 2.24) is 9.97 Å². The highest BCUT2D eigenvalue weighted by Gasteiger charge is 2.10. The smallest absolute Gasteiger partial charge is 0.227 e. The lowest BCUT2D eigenvalue weighted by Gasteiger charge is -2.10. The van der Waals surface area contributed by atoms with E-state index in [1.165, 1.54) is 6.33 Å². The Labute approximate surface area is 131 Å². The van der Waals surface area contributed by atoms with Crippen LogP contribution in [0.5, 0.6) is 11.6 Å². The molecule has 0 unspecified atom stereocenters. The number of hydrogen-bond acceptors (Lipinski definition) is 4. The highest BCUT2D eigenvalue weighted by Crippen LogP contribution is 2.29. The third-order valence-corrected chi connectivity index (χ3v) is 3.77. The lowest BCUT2D eigenvalue weighted by molar-refractivity contribution is 0.456. The molecule has 0 aliphatic heterocycles. The summed E-state index contributed by atoms with van der Waals surface area (Å²) < 4.78 is 6.93. The Kier molecular flexibility index (Phi) is 3.75. The van der Waals surface area contributed by atoms with Crippen LogP contribution >= 0.6 is 15.9 Å². The normalized spacial score (nSPS) is 10.8. The summed E-state index contributed by atoms with van der Waals surface area (Å²) in [6, 6.07) is 12.0. The average Bonchev–Trinajstić information content (AvgIpc) is 2.48. The van der Waals surface area contributed by atoms with Crippen LogP contribution in [0.4, 0.5) is 5.82 Å². The Balaban J connectivity index is 1.98. The second-order valence-electron chi connectivity index (χ2n) is 4.65. The second kappa shape index (κ2) is 5.69. The largest absolute Gasteiger partial charge is 0.439 e. The van der Waals surface area contributed by atoms with Gasteiger partial charge in [-0.3, -0.25) is 0 Å². The minimum Gasteiger partial charge on any atom is -0.439 e. The number of halogens is 1. The third kappa shape index (κ3) is 2.83. The fraction of sp³-hybridized carbons (Fsp3) is 0.125. The number of fused-ring (bicyclic) bond motifs is 1. The van der Waals surface area contributed by atoms with Gasteiger partial charge in [0.25, 0.3) is 0 Å². The molecular weight excluding hydrogens is 330 g/mol. The minimum absolute atomic E-state index is 0.465. The van der Waals surface area contributed by atoms with Crippen LogP contribution in [0, 0.1) is 0 Å². The Morgan fingerprint density at radius 1 is 1.10 bits per heavy atom. The number of rotatable bonds is 3. The van der Waals surface area contributed by atoms with Gasteiger partial charge in [-0.15, -0.1) is 0 Å². The SMILES string of the molecule is CCc1c(N)ncnc1Oc1ccc2cc(Br)ccc2c1. The van der Waals surface area contributed by atoms with E-state index in [0.29, 0.717) is 11.7 Å². The molecular formula is C16H14BrN3O. The van der Waals surface area contributed by atoms with Crippen LogP contribution in [0.2, 0.25) is 0 Å². The van der Waals surface area contributed by atoms with Crippen molar-refractivity contribution in [3.05, 3.63) is 52.8 Å². The molecule has 0 fully saturated rings. The van der Waals surface area contributed by atoms with Gasteiger partial charge in [0, 0.05) is 4.47 Å². The summed E-state index contributed by atoms with van der Waals surface area (Å²) in [5.41, 5.74) is 6.68. The van der Waals surface area contributed by atoms with Crippen molar-refractivity contribution >= 4 is 32.5 Å². The van der Waals surface area contributed by atoms with Crippen LogP contribution in [0.15, 0.2) is 47.2 Å². The molecule has 0 aliphatic carbocycles. The van der Waals surface area contributed by atoms with E-state index in [4.69, 9.17) is 10.5 Å². The van der Waals surface area contributed by atoms with Gasteiger partial charge >= 0.3 is 0 Å². The van der Waals surface area contributed by atoms with Gasteiger partial charge < -0.3 is 10.5 Å². The molecule has 0 bridgehead atoms. The summed E-state index contributed by atoms with van der Waals surface area (Å²) in [6.45, 7) is 2.00. The van der Waals surface area contributed by atoms with Crippen LogP contribution in [-0.2, 0) is 6.42 Å². The quantitative estimate of drug-likeness (QED) is 0.768. The van der Waals surface area contributed by atoms with Gasteiger partial charge in [-0.2, -0.15) is 0 Å². The first-order valence-corrected chi connectivity index (χ1v) is 7.43. The van der Waals surface area contributed by atoms with E-state index in [0.717, 1.165) is 33.0 Å². The van der Waals surface area contributed by atoms with E-state index >= 15 is 0 Å². The van der Waals surface area contributed by atoms with Gasteiger partial charge in [0.05, 0.1) is 5.56 Å². The second-order valence-corrected chi connectivity index (χ2v) is 5.57. The number of nitrogens with two attached hydrogens (primary N) is 1. The monoisotopic (exact) mass is 343 g/mol. The van der Waals surface area contributed by atoms with E-state index < -0.39 is 0 Å². The topological polar surface area (TPSA) is 61.0 Å². The summed E-state index contributed by atoms with van der Waals surface area (Å²) in [5.74, 6) is 1.71. The van der Waals surface area contributed by atoms with Gasteiger partial charge in [-0.1, -0.05) is 35.0 Å². The molecule has 0 radical (unpaired) electrons. The first-order chi connectivity index (χ1) is 10.2. The van der Waals surface area contributed by atoms with Crippen molar-refractivity contribution in [3.63, 3.8) is 0 Å². The standard InChI is InChI=1S/C16H14BrN3O/c1-2-14-15(18)19-9-20-16(14)21-13-6-4-10-7-12(17)5-3-11(10)8-13/h3-9H,2H2,1H3,(H2,18,19,20). The molecule has 0 aliphatic rings. The fourth-order valence-corrected chi connectivity index (χ4v) is 2.58. The molecule has 0 spiro atoms. The van der Waals surface area contributed by atoms with Crippen molar-refractivity contribution in [3.8, 4) is 11.6 Å². The zero-order valence-electron chi connectivity index (χ0n) is 11.5. The molecule has 4 nitrogen and oxygen atoms in total. The number of aromatic nitrogens is 2. The predicted molar refractivity (Wildman–Crippen MR) is 87.5 cm³/mol. The average molecular weight is 344 g/mol. The number of nitrogens with zero attached hydrogens (tertiary/aromatic N) is 2. The highest BCUT2D eigenvalue weighted by atomic mass is 79.9. The van der Waals surface area contributed by atoms with E-state index in [2.05, 4.69) is 32.0 Å². The van der Waals surface area contributed by atoms with Crippen LogP contribution < -0.4 is 10.5 Å². The van der Waals surface area contributed by atoms with Crippen LogP contribution in [-0.4, -0.2) is 9.97 Å². The molecule has 0 amide bonds. The Morgan fingerprint density at radius 2 is 1.86 bits per heavy atom. The van der Waals surface area contributed by atoms with Gasteiger partial charge in [-0.25, -0.2) is 9.97 Å². The zero-order chi connectivity index (χ0) is 14.8. The van der Waals surface area contributed by atoms with Gasteiger partial charge in [0.2, 0.25) is 5.88 Å². The van der Waals surface area contributed by atoms with Crippen LogP contribution in [0.3, 0.4) is 0 Å². The van der Waals surface area contributed by atoms with E-state index in [9.17, 15) is 0 Å². The molecule has 1 aromatic heterocycles. The van der Waals surface area contributed by atoms with E-state index in [1.54, 1.807) is 0 Å². The summed E-state index contributed by atoms with van der Waals surface area (Å²) in [4.78, 5) is 8.17.